The first-order valence-corrected chi connectivity index (χ1v) is 11.2. The van der Waals surface area contributed by atoms with E-state index in [4.69, 9.17) is 10.6 Å². The fraction of sp³-hybridized carbons (Fsp3) is 0.870. The van der Waals surface area contributed by atoms with E-state index >= 15 is 0 Å². The number of hydrogen-bond donors (Lipinski definition) is 2. The van der Waals surface area contributed by atoms with E-state index in [1.165, 1.54) is 0 Å². The second kappa shape index (κ2) is 6.61. The Labute approximate surface area is 173 Å². The molecular weight excluding hydrogens is 368 g/mol. The van der Waals surface area contributed by atoms with Crippen molar-refractivity contribution in [1.29, 1.82) is 0 Å². The van der Waals surface area contributed by atoms with Gasteiger partial charge >= 0.3 is 0 Å². The molecule has 162 valence electrons. The summed E-state index contributed by atoms with van der Waals surface area (Å²) < 4.78 is 0. The van der Waals surface area contributed by atoms with E-state index in [9.17, 15) is 14.7 Å². The maximum atomic E-state index is 13.6. The third kappa shape index (κ3) is 2.51. The Morgan fingerprint density at radius 1 is 1.07 bits per heavy atom. The molecule has 0 aromatic carbocycles. The molecule has 0 spiro atoms. The van der Waals surface area contributed by atoms with Gasteiger partial charge in [-0.2, -0.15) is 0 Å². The molecule has 4 rings (SSSR count). The molecule has 1 unspecified atom stereocenters. The summed E-state index contributed by atoms with van der Waals surface area (Å²) in [7, 11) is 0. The molecule has 4 aliphatic rings. The van der Waals surface area contributed by atoms with Gasteiger partial charge in [-0.25, -0.2) is 0 Å². The van der Waals surface area contributed by atoms with Crippen LogP contribution in [0.15, 0.2) is 5.16 Å². The van der Waals surface area contributed by atoms with Crippen molar-refractivity contribution in [2.75, 3.05) is 13.2 Å². The standard InChI is InChI=1S/C23H36N2O4/c1-20(2)17(25-29-12-11-24)8-10-22(4)16-7-9-21(3)15(5-6-18(21)26)14(16)13-19(27)23(20,22)28/h14-16,28H,5-13,24H2,1-4H3/t14-,15-,16+,21-,22+,23?/m0/s1. The molecule has 0 radical (unpaired) electrons. The summed E-state index contributed by atoms with van der Waals surface area (Å²) in [6.45, 7) is 8.78. The minimum atomic E-state index is -1.47. The van der Waals surface area contributed by atoms with Crippen molar-refractivity contribution in [2.45, 2.75) is 78.2 Å². The molecule has 29 heavy (non-hydrogen) atoms. The van der Waals surface area contributed by atoms with Crippen molar-refractivity contribution in [3.63, 3.8) is 0 Å². The average Bonchev–Trinajstić information content (AvgIpc) is 2.96. The van der Waals surface area contributed by atoms with Gasteiger partial charge < -0.3 is 15.7 Å². The number of rotatable bonds is 3. The zero-order chi connectivity index (χ0) is 21.2. The van der Waals surface area contributed by atoms with Gasteiger partial charge in [-0.05, 0) is 49.9 Å². The fourth-order valence-electron chi connectivity index (χ4n) is 7.75. The minimum absolute atomic E-state index is 0.0823. The SMILES string of the molecule is CC1(C)C(=NOCCN)CC[C@]2(C)[C@@H]3CC[C@]4(C)C(=O)CC[C@H]4[C@@H]3CC(=O)C12O. The van der Waals surface area contributed by atoms with E-state index in [2.05, 4.69) is 19.0 Å². The molecule has 0 aromatic rings. The van der Waals surface area contributed by atoms with Crippen molar-refractivity contribution in [2.24, 2.45) is 44.9 Å². The molecule has 4 saturated carbocycles. The third-order valence-electron chi connectivity index (χ3n) is 9.51. The van der Waals surface area contributed by atoms with Crippen LogP contribution in [0, 0.1) is 34.0 Å². The summed E-state index contributed by atoms with van der Waals surface area (Å²) in [4.78, 5) is 31.6. The smallest absolute Gasteiger partial charge is 0.166 e. The predicted molar refractivity (Wildman–Crippen MR) is 110 cm³/mol. The number of carbonyl (C=O) groups is 2. The first-order valence-electron chi connectivity index (χ1n) is 11.2. The Balaban J connectivity index is 1.72. The van der Waals surface area contributed by atoms with Crippen LogP contribution in [0.25, 0.3) is 0 Å². The third-order valence-corrected chi connectivity index (χ3v) is 9.51. The minimum Gasteiger partial charge on any atom is -0.394 e. The Hall–Kier alpha value is -1.27. The normalized spacial score (nSPS) is 47.5. The molecule has 3 N–H and O–H groups in total. The van der Waals surface area contributed by atoms with Gasteiger partial charge in [-0.15, -0.1) is 0 Å². The Morgan fingerprint density at radius 2 is 1.79 bits per heavy atom. The molecule has 6 heteroatoms. The Morgan fingerprint density at radius 3 is 2.48 bits per heavy atom. The van der Waals surface area contributed by atoms with Crippen molar-refractivity contribution in [3.8, 4) is 0 Å². The second-order valence-corrected chi connectivity index (χ2v) is 10.8. The topological polar surface area (TPSA) is 102 Å². The van der Waals surface area contributed by atoms with Crippen LogP contribution < -0.4 is 5.73 Å². The van der Waals surface area contributed by atoms with Gasteiger partial charge in [0.1, 0.15) is 18.0 Å². The summed E-state index contributed by atoms with van der Waals surface area (Å²) >= 11 is 0. The highest BCUT2D eigenvalue weighted by Crippen LogP contribution is 2.68. The molecule has 4 fully saturated rings. The van der Waals surface area contributed by atoms with E-state index in [-0.39, 0.29) is 29.0 Å². The lowest BCUT2D eigenvalue weighted by Crippen LogP contribution is -2.73. The summed E-state index contributed by atoms with van der Waals surface area (Å²) in [5.74, 6) is 1.00. The van der Waals surface area contributed by atoms with Gasteiger partial charge in [-0.1, -0.05) is 32.9 Å². The van der Waals surface area contributed by atoms with E-state index in [0.29, 0.717) is 44.6 Å². The van der Waals surface area contributed by atoms with E-state index in [1.807, 2.05) is 13.8 Å². The Kier molecular flexibility index (Phi) is 4.78. The molecule has 0 bridgehead atoms. The molecule has 6 nitrogen and oxygen atoms in total. The average molecular weight is 405 g/mol. The number of nitrogens with two attached hydrogens (primary N) is 1. The highest BCUT2D eigenvalue weighted by Gasteiger charge is 2.72. The monoisotopic (exact) mass is 404 g/mol. The van der Waals surface area contributed by atoms with E-state index in [0.717, 1.165) is 25.0 Å². The van der Waals surface area contributed by atoms with Crippen LogP contribution in [0.2, 0.25) is 0 Å². The number of carbonyl (C=O) groups excluding carboxylic acids is 2. The molecular formula is C23H36N2O4. The van der Waals surface area contributed by atoms with Crippen LogP contribution in [0.3, 0.4) is 0 Å². The maximum Gasteiger partial charge on any atom is 0.166 e. The number of ketones is 2. The van der Waals surface area contributed by atoms with Gasteiger partial charge in [0.15, 0.2) is 5.78 Å². The van der Waals surface area contributed by atoms with Crippen LogP contribution in [0.1, 0.15) is 72.6 Å². The molecule has 0 heterocycles. The zero-order valence-electron chi connectivity index (χ0n) is 18.3. The van der Waals surface area contributed by atoms with Crippen molar-refractivity contribution in [1.82, 2.24) is 0 Å². The maximum absolute atomic E-state index is 13.6. The number of nitrogens with zero attached hydrogens (tertiary/aromatic N) is 1. The molecule has 0 aliphatic heterocycles. The van der Waals surface area contributed by atoms with Gasteiger partial charge in [0.2, 0.25) is 0 Å². The molecule has 0 aromatic heterocycles. The number of aliphatic hydroxyl groups is 1. The van der Waals surface area contributed by atoms with Crippen LogP contribution in [0.4, 0.5) is 0 Å². The zero-order valence-corrected chi connectivity index (χ0v) is 18.3. The van der Waals surface area contributed by atoms with E-state index in [1.54, 1.807) is 0 Å². The van der Waals surface area contributed by atoms with Crippen LogP contribution in [-0.2, 0) is 14.4 Å². The first kappa shape index (κ1) is 21.0. The largest absolute Gasteiger partial charge is 0.394 e. The summed E-state index contributed by atoms with van der Waals surface area (Å²) in [6, 6.07) is 0. The van der Waals surface area contributed by atoms with Gasteiger partial charge in [0, 0.05) is 35.6 Å². The summed E-state index contributed by atoms with van der Waals surface area (Å²) in [6.07, 6.45) is 5.09. The number of hydrogen-bond acceptors (Lipinski definition) is 6. The molecule has 6 atom stereocenters. The number of fused-ring (bicyclic) bond motifs is 5. The summed E-state index contributed by atoms with van der Waals surface area (Å²) in [5.41, 5.74) is 3.18. The lowest BCUT2D eigenvalue weighted by atomic mass is 9.39. The fourth-order valence-corrected chi connectivity index (χ4v) is 7.75. The highest BCUT2D eigenvalue weighted by atomic mass is 16.6. The van der Waals surface area contributed by atoms with Gasteiger partial charge in [-0.3, -0.25) is 9.59 Å². The Bertz CT molecular complexity index is 762. The van der Waals surface area contributed by atoms with Crippen LogP contribution in [-0.4, -0.2) is 41.1 Å². The summed E-state index contributed by atoms with van der Waals surface area (Å²) in [5, 5.41) is 16.4. The van der Waals surface area contributed by atoms with Gasteiger partial charge in [0.05, 0.1) is 5.71 Å². The van der Waals surface area contributed by atoms with Gasteiger partial charge in [0.25, 0.3) is 0 Å². The van der Waals surface area contributed by atoms with Crippen LogP contribution in [0.5, 0.6) is 0 Å². The molecule has 0 saturated heterocycles. The first-order chi connectivity index (χ1) is 13.5. The number of Topliss-reactive ketones (excluding diaryl/α,β-unsaturated/α-hetero) is 2. The number of oxime groups is 1. The quantitative estimate of drug-likeness (QED) is 0.556. The second-order valence-electron chi connectivity index (χ2n) is 10.8. The lowest BCUT2D eigenvalue weighted by Gasteiger charge is -2.65. The predicted octanol–water partition coefficient (Wildman–Crippen LogP) is 2.86. The van der Waals surface area contributed by atoms with Crippen LogP contribution >= 0.6 is 0 Å². The highest BCUT2D eigenvalue weighted by molar-refractivity contribution is 6.02. The van der Waals surface area contributed by atoms with Crippen molar-refractivity contribution in [3.05, 3.63) is 0 Å². The van der Waals surface area contributed by atoms with E-state index < -0.39 is 16.4 Å². The van der Waals surface area contributed by atoms with Crippen molar-refractivity contribution >= 4 is 17.3 Å². The lowest BCUT2D eigenvalue weighted by molar-refractivity contribution is -0.217. The molecule has 0 amide bonds. The molecule has 4 aliphatic carbocycles. The van der Waals surface area contributed by atoms with Crippen molar-refractivity contribution < 1.29 is 19.5 Å².